The molecule has 3 heterocycles. The Hall–Kier alpha value is -3.35. The molecule has 1 aromatic carbocycles. The van der Waals surface area contributed by atoms with Crippen molar-refractivity contribution < 1.29 is 0 Å². The maximum atomic E-state index is 4.47. The van der Waals surface area contributed by atoms with E-state index < -0.39 is 0 Å². The molecular formula is C17H15N7. The third-order valence-electron chi connectivity index (χ3n) is 3.61. The molecule has 1 N–H and O–H groups in total. The SMILES string of the molecule is c1cc(CNc2ccc3nccnc3n2)cc(Cn2cncn2)c1. The van der Waals surface area contributed by atoms with Gasteiger partial charge in [0.1, 0.15) is 24.0 Å². The first-order valence-electron chi connectivity index (χ1n) is 7.59. The summed E-state index contributed by atoms with van der Waals surface area (Å²) in [7, 11) is 0. The predicted molar refractivity (Wildman–Crippen MR) is 90.2 cm³/mol. The Labute approximate surface area is 138 Å². The van der Waals surface area contributed by atoms with Crippen LogP contribution in [0.1, 0.15) is 11.1 Å². The first-order chi connectivity index (χ1) is 11.9. The van der Waals surface area contributed by atoms with E-state index >= 15 is 0 Å². The Kier molecular flexibility index (Phi) is 3.81. The molecule has 4 aromatic rings. The van der Waals surface area contributed by atoms with Gasteiger partial charge >= 0.3 is 0 Å². The number of anilines is 1. The zero-order chi connectivity index (χ0) is 16.2. The van der Waals surface area contributed by atoms with E-state index in [1.807, 2.05) is 18.2 Å². The van der Waals surface area contributed by atoms with Gasteiger partial charge in [-0.3, -0.25) is 4.98 Å². The second kappa shape index (κ2) is 6.41. The van der Waals surface area contributed by atoms with Crippen LogP contribution in [0.3, 0.4) is 0 Å². The van der Waals surface area contributed by atoms with Crippen molar-refractivity contribution in [1.82, 2.24) is 29.7 Å². The number of aromatic nitrogens is 6. The van der Waals surface area contributed by atoms with Crippen molar-refractivity contribution >= 4 is 17.0 Å². The Morgan fingerprint density at radius 3 is 2.83 bits per heavy atom. The Morgan fingerprint density at radius 1 is 1.00 bits per heavy atom. The normalized spacial score (nSPS) is 10.8. The summed E-state index contributed by atoms with van der Waals surface area (Å²) in [5, 5.41) is 7.46. The number of rotatable bonds is 5. The van der Waals surface area contributed by atoms with Crippen molar-refractivity contribution in [2.45, 2.75) is 13.1 Å². The van der Waals surface area contributed by atoms with Crippen LogP contribution < -0.4 is 5.32 Å². The van der Waals surface area contributed by atoms with Gasteiger partial charge in [0, 0.05) is 18.9 Å². The van der Waals surface area contributed by atoms with Crippen molar-refractivity contribution in [1.29, 1.82) is 0 Å². The summed E-state index contributed by atoms with van der Waals surface area (Å²) < 4.78 is 1.80. The smallest absolute Gasteiger partial charge is 0.180 e. The van der Waals surface area contributed by atoms with Crippen LogP contribution in [0.25, 0.3) is 11.2 Å². The van der Waals surface area contributed by atoms with Gasteiger partial charge in [0.05, 0.1) is 6.54 Å². The fourth-order valence-corrected chi connectivity index (χ4v) is 2.48. The molecule has 24 heavy (non-hydrogen) atoms. The van der Waals surface area contributed by atoms with E-state index in [4.69, 9.17) is 0 Å². The third-order valence-corrected chi connectivity index (χ3v) is 3.61. The van der Waals surface area contributed by atoms with Gasteiger partial charge in [-0.15, -0.1) is 0 Å². The van der Waals surface area contributed by atoms with E-state index in [0.717, 1.165) is 11.3 Å². The molecular weight excluding hydrogens is 302 g/mol. The number of hydrogen-bond acceptors (Lipinski definition) is 6. The average Bonchev–Trinajstić information content (AvgIpc) is 3.13. The standard InChI is InChI=1S/C17H15N7/c1-2-13(8-14(3-1)10-24-12-18-11-22-24)9-21-16-5-4-15-17(23-16)20-7-6-19-15/h1-8,11-12H,9-10H2,(H,20,21,23). The monoisotopic (exact) mass is 317 g/mol. The number of fused-ring (bicyclic) bond motifs is 1. The van der Waals surface area contributed by atoms with Gasteiger partial charge in [0.15, 0.2) is 5.65 Å². The first kappa shape index (κ1) is 14.3. The highest BCUT2D eigenvalue weighted by Crippen LogP contribution is 2.12. The molecule has 4 rings (SSSR count). The van der Waals surface area contributed by atoms with Crippen LogP contribution in [0.15, 0.2) is 61.4 Å². The number of pyridine rings is 1. The van der Waals surface area contributed by atoms with Gasteiger partial charge in [0.2, 0.25) is 0 Å². The van der Waals surface area contributed by atoms with E-state index in [0.29, 0.717) is 18.7 Å². The summed E-state index contributed by atoms with van der Waals surface area (Å²) in [6.45, 7) is 1.39. The minimum Gasteiger partial charge on any atom is -0.366 e. The molecule has 7 nitrogen and oxygen atoms in total. The number of nitrogens with zero attached hydrogens (tertiary/aromatic N) is 6. The fraction of sp³-hybridized carbons (Fsp3) is 0.118. The van der Waals surface area contributed by atoms with Gasteiger partial charge in [-0.05, 0) is 23.3 Å². The van der Waals surface area contributed by atoms with E-state index in [-0.39, 0.29) is 0 Å². The molecule has 118 valence electrons. The lowest BCUT2D eigenvalue weighted by atomic mass is 10.1. The lowest BCUT2D eigenvalue weighted by molar-refractivity contribution is 0.684. The summed E-state index contributed by atoms with van der Waals surface area (Å²) in [4.78, 5) is 16.9. The van der Waals surface area contributed by atoms with E-state index in [9.17, 15) is 0 Å². The molecule has 0 saturated carbocycles. The van der Waals surface area contributed by atoms with Crippen LogP contribution in [0.5, 0.6) is 0 Å². The van der Waals surface area contributed by atoms with Crippen molar-refractivity contribution in [2.75, 3.05) is 5.32 Å². The second-order valence-electron chi connectivity index (χ2n) is 5.36. The van der Waals surface area contributed by atoms with Crippen molar-refractivity contribution in [3.8, 4) is 0 Å². The van der Waals surface area contributed by atoms with Crippen molar-refractivity contribution in [2.24, 2.45) is 0 Å². The van der Waals surface area contributed by atoms with Crippen LogP contribution >= 0.6 is 0 Å². The molecule has 0 bridgehead atoms. The third kappa shape index (κ3) is 3.19. The molecule has 0 fully saturated rings. The fourth-order valence-electron chi connectivity index (χ4n) is 2.48. The Bertz CT molecular complexity index is 950. The molecule has 0 spiro atoms. The number of benzene rings is 1. The predicted octanol–water partition coefficient (Wildman–Crippen LogP) is 2.28. The quantitative estimate of drug-likeness (QED) is 0.608. The Morgan fingerprint density at radius 2 is 1.92 bits per heavy atom. The van der Waals surface area contributed by atoms with Crippen LogP contribution in [0, 0.1) is 0 Å². The molecule has 7 heteroatoms. The zero-order valence-electron chi connectivity index (χ0n) is 12.9. The topological polar surface area (TPSA) is 81.4 Å². The number of nitrogens with one attached hydrogen (secondary N) is 1. The van der Waals surface area contributed by atoms with E-state index in [1.54, 1.807) is 29.7 Å². The maximum absolute atomic E-state index is 4.47. The number of hydrogen-bond donors (Lipinski definition) is 1. The largest absolute Gasteiger partial charge is 0.366 e. The summed E-state index contributed by atoms with van der Waals surface area (Å²) in [5.41, 5.74) is 3.78. The van der Waals surface area contributed by atoms with E-state index in [1.165, 1.54) is 11.1 Å². The van der Waals surface area contributed by atoms with Crippen LogP contribution in [0.4, 0.5) is 5.82 Å². The van der Waals surface area contributed by atoms with E-state index in [2.05, 4.69) is 48.6 Å². The van der Waals surface area contributed by atoms with Crippen LogP contribution in [-0.4, -0.2) is 29.7 Å². The summed E-state index contributed by atoms with van der Waals surface area (Å²) >= 11 is 0. The highest BCUT2D eigenvalue weighted by atomic mass is 15.3. The molecule has 0 radical (unpaired) electrons. The van der Waals surface area contributed by atoms with Gasteiger partial charge in [-0.25, -0.2) is 19.6 Å². The zero-order valence-corrected chi connectivity index (χ0v) is 12.9. The molecule has 0 amide bonds. The maximum Gasteiger partial charge on any atom is 0.180 e. The molecule has 0 unspecified atom stereocenters. The minimum absolute atomic E-state index is 0.641. The summed E-state index contributed by atoms with van der Waals surface area (Å²) in [5.74, 6) is 0.782. The Balaban J connectivity index is 1.46. The van der Waals surface area contributed by atoms with Crippen LogP contribution in [0.2, 0.25) is 0 Å². The second-order valence-corrected chi connectivity index (χ2v) is 5.36. The van der Waals surface area contributed by atoms with Crippen LogP contribution in [-0.2, 0) is 13.1 Å². The van der Waals surface area contributed by atoms with Gasteiger partial charge in [-0.1, -0.05) is 24.3 Å². The van der Waals surface area contributed by atoms with Gasteiger partial charge in [0.25, 0.3) is 0 Å². The van der Waals surface area contributed by atoms with Gasteiger partial charge in [-0.2, -0.15) is 5.10 Å². The first-order valence-corrected chi connectivity index (χ1v) is 7.59. The lowest BCUT2D eigenvalue weighted by Crippen LogP contribution is -2.04. The van der Waals surface area contributed by atoms with Gasteiger partial charge < -0.3 is 5.32 Å². The highest BCUT2D eigenvalue weighted by molar-refractivity contribution is 5.71. The molecule has 0 aliphatic carbocycles. The molecule has 0 atom stereocenters. The molecule has 0 aliphatic heterocycles. The minimum atomic E-state index is 0.641. The van der Waals surface area contributed by atoms with Crippen molar-refractivity contribution in [3.63, 3.8) is 0 Å². The van der Waals surface area contributed by atoms with Crippen molar-refractivity contribution in [3.05, 3.63) is 72.6 Å². The molecule has 0 aliphatic rings. The molecule has 0 saturated heterocycles. The lowest BCUT2D eigenvalue weighted by Gasteiger charge is -2.08. The summed E-state index contributed by atoms with van der Waals surface area (Å²) in [6, 6.07) is 12.2. The highest BCUT2D eigenvalue weighted by Gasteiger charge is 2.01. The average molecular weight is 317 g/mol. The molecule has 3 aromatic heterocycles. The summed E-state index contributed by atoms with van der Waals surface area (Å²) in [6.07, 6.45) is 6.56.